The molecule has 0 radical (unpaired) electrons. The van der Waals surface area contributed by atoms with Gasteiger partial charge in [-0.1, -0.05) is 0 Å². The van der Waals surface area contributed by atoms with Gasteiger partial charge in [-0.05, 0) is 13.0 Å². The predicted molar refractivity (Wildman–Crippen MR) is 33.2 cm³/mol. The molecule has 0 aromatic rings. The van der Waals surface area contributed by atoms with Crippen LogP contribution in [0.15, 0.2) is 0 Å². The van der Waals surface area contributed by atoms with Gasteiger partial charge in [0.05, 0.1) is 6.10 Å². The maximum atomic E-state index is 12.7. The number of nitrogens with one attached hydrogen (secondary N) is 1. The third-order valence-corrected chi connectivity index (χ3v) is 1.65. The zero-order valence-electron chi connectivity index (χ0n) is 5.56. The number of alkyl halides is 1. The molecule has 0 unspecified atom stereocenters. The van der Waals surface area contributed by atoms with E-state index in [4.69, 9.17) is 4.74 Å². The first-order chi connectivity index (χ1) is 4.34. The molecule has 1 aliphatic heterocycles. The number of rotatable bonds is 1. The molecule has 9 heavy (non-hydrogen) atoms. The Morgan fingerprint density at radius 3 is 2.89 bits per heavy atom. The SMILES string of the molecule is CO[C@H]1CCNC[C@@H]1F. The summed E-state index contributed by atoms with van der Waals surface area (Å²) in [6.07, 6.45) is -0.201. The molecular formula is C6H12FNO. The zero-order chi connectivity index (χ0) is 6.69. The molecule has 1 heterocycles. The first-order valence-corrected chi connectivity index (χ1v) is 3.22. The molecule has 1 N–H and O–H groups in total. The number of methoxy groups -OCH3 is 1. The van der Waals surface area contributed by atoms with Gasteiger partial charge in [0.1, 0.15) is 6.17 Å². The monoisotopic (exact) mass is 133 g/mol. The highest BCUT2D eigenvalue weighted by atomic mass is 19.1. The maximum Gasteiger partial charge on any atom is 0.139 e. The van der Waals surface area contributed by atoms with Crippen molar-refractivity contribution >= 4 is 0 Å². The van der Waals surface area contributed by atoms with E-state index in [2.05, 4.69) is 5.32 Å². The number of piperidine rings is 1. The van der Waals surface area contributed by atoms with Gasteiger partial charge in [0.15, 0.2) is 0 Å². The maximum absolute atomic E-state index is 12.7. The van der Waals surface area contributed by atoms with E-state index < -0.39 is 6.17 Å². The van der Waals surface area contributed by atoms with Crippen molar-refractivity contribution in [1.82, 2.24) is 5.32 Å². The van der Waals surface area contributed by atoms with Crippen LogP contribution in [-0.4, -0.2) is 32.5 Å². The molecule has 1 rings (SSSR count). The minimum absolute atomic E-state index is 0.175. The van der Waals surface area contributed by atoms with E-state index in [1.807, 2.05) is 0 Å². The van der Waals surface area contributed by atoms with Crippen LogP contribution in [0.3, 0.4) is 0 Å². The quantitative estimate of drug-likeness (QED) is 0.556. The van der Waals surface area contributed by atoms with E-state index >= 15 is 0 Å². The molecule has 0 aliphatic carbocycles. The first kappa shape index (κ1) is 6.96. The van der Waals surface area contributed by atoms with Crippen LogP contribution in [0.25, 0.3) is 0 Å². The highest BCUT2D eigenvalue weighted by molar-refractivity contribution is 4.77. The lowest BCUT2D eigenvalue weighted by atomic mass is 10.1. The Balaban J connectivity index is 2.30. The van der Waals surface area contributed by atoms with Gasteiger partial charge in [-0.3, -0.25) is 0 Å². The van der Waals surface area contributed by atoms with E-state index in [0.29, 0.717) is 6.54 Å². The smallest absolute Gasteiger partial charge is 0.139 e. The highest BCUT2D eigenvalue weighted by Gasteiger charge is 2.23. The molecular weight excluding hydrogens is 121 g/mol. The lowest BCUT2D eigenvalue weighted by molar-refractivity contribution is 0.0132. The van der Waals surface area contributed by atoms with Crippen LogP contribution in [0.5, 0.6) is 0 Å². The van der Waals surface area contributed by atoms with E-state index in [0.717, 1.165) is 13.0 Å². The predicted octanol–water partition coefficient (Wildman–Crippen LogP) is 0.333. The molecule has 3 heteroatoms. The Morgan fingerprint density at radius 2 is 2.44 bits per heavy atom. The highest BCUT2D eigenvalue weighted by Crippen LogP contribution is 2.09. The Bertz CT molecular complexity index is 89.1. The van der Waals surface area contributed by atoms with Gasteiger partial charge in [0.2, 0.25) is 0 Å². The summed E-state index contributed by atoms with van der Waals surface area (Å²) in [6.45, 7) is 1.32. The summed E-state index contributed by atoms with van der Waals surface area (Å²) in [5, 5.41) is 2.94. The Morgan fingerprint density at radius 1 is 1.67 bits per heavy atom. The fraction of sp³-hybridized carbons (Fsp3) is 1.00. The van der Waals surface area contributed by atoms with Crippen LogP contribution < -0.4 is 5.32 Å². The summed E-state index contributed by atoms with van der Waals surface area (Å²) in [6, 6.07) is 0. The summed E-state index contributed by atoms with van der Waals surface area (Å²) in [4.78, 5) is 0. The minimum atomic E-state index is -0.816. The Labute approximate surface area is 54.4 Å². The van der Waals surface area contributed by atoms with Gasteiger partial charge in [-0.25, -0.2) is 4.39 Å². The molecule has 54 valence electrons. The lowest BCUT2D eigenvalue weighted by Crippen LogP contribution is -2.42. The van der Waals surface area contributed by atoms with E-state index in [-0.39, 0.29) is 6.10 Å². The van der Waals surface area contributed by atoms with Crippen molar-refractivity contribution < 1.29 is 9.13 Å². The van der Waals surface area contributed by atoms with Crippen LogP contribution in [0, 0.1) is 0 Å². The number of hydrogen-bond donors (Lipinski definition) is 1. The van der Waals surface area contributed by atoms with E-state index in [1.165, 1.54) is 0 Å². The van der Waals surface area contributed by atoms with Crippen molar-refractivity contribution in [3.63, 3.8) is 0 Å². The molecule has 0 amide bonds. The molecule has 1 saturated heterocycles. The second kappa shape index (κ2) is 3.13. The second-order valence-electron chi connectivity index (χ2n) is 2.28. The summed E-state index contributed by atoms with van der Waals surface area (Å²) in [5.74, 6) is 0. The molecule has 2 atom stereocenters. The minimum Gasteiger partial charge on any atom is -0.378 e. The standard InChI is InChI=1S/C6H12FNO/c1-9-6-2-3-8-4-5(6)7/h5-6,8H,2-4H2,1H3/t5-,6-/m0/s1. The summed E-state index contributed by atoms with van der Waals surface area (Å²) >= 11 is 0. The molecule has 0 aromatic heterocycles. The molecule has 0 bridgehead atoms. The van der Waals surface area contributed by atoms with Crippen LogP contribution in [0.1, 0.15) is 6.42 Å². The van der Waals surface area contributed by atoms with Gasteiger partial charge in [0.25, 0.3) is 0 Å². The first-order valence-electron chi connectivity index (χ1n) is 3.22. The number of hydrogen-bond acceptors (Lipinski definition) is 2. The van der Waals surface area contributed by atoms with Gasteiger partial charge >= 0.3 is 0 Å². The Kier molecular flexibility index (Phi) is 2.42. The average molecular weight is 133 g/mol. The molecule has 0 saturated carbocycles. The molecule has 0 spiro atoms. The fourth-order valence-electron chi connectivity index (χ4n) is 1.06. The van der Waals surface area contributed by atoms with Crippen molar-refractivity contribution in [1.29, 1.82) is 0 Å². The summed E-state index contributed by atoms with van der Waals surface area (Å²) in [5.41, 5.74) is 0. The van der Waals surface area contributed by atoms with Crippen LogP contribution in [0.4, 0.5) is 4.39 Å². The molecule has 0 aromatic carbocycles. The van der Waals surface area contributed by atoms with Crippen LogP contribution in [0.2, 0.25) is 0 Å². The zero-order valence-corrected chi connectivity index (χ0v) is 5.56. The van der Waals surface area contributed by atoms with Crippen molar-refractivity contribution in [2.24, 2.45) is 0 Å². The fourth-order valence-corrected chi connectivity index (χ4v) is 1.06. The van der Waals surface area contributed by atoms with E-state index in [1.54, 1.807) is 7.11 Å². The summed E-state index contributed by atoms with van der Waals surface area (Å²) < 4.78 is 17.5. The third-order valence-electron chi connectivity index (χ3n) is 1.65. The molecule has 1 fully saturated rings. The van der Waals surface area contributed by atoms with Crippen molar-refractivity contribution in [2.75, 3.05) is 20.2 Å². The lowest BCUT2D eigenvalue weighted by Gasteiger charge is -2.24. The second-order valence-corrected chi connectivity index (χ2v) is 2.28. The summed E-state index contributed by atoms with van der Waals surface area (Å²) in [7, 11) is 1.56. The van der Waals surface area contributed by atoms with Crippen molar-refractivity contribution in [3.05, 3.63) is 0 Å². The largest absolute Gasteiger partial charge is 0.378 e. The third kappa shape index (κ3) is 1.63. The molecule has 2 nitrogen and oxygen atoms in total. The average Bonchev–Trinajstić information content (AvgIpc) is 1.89. The van der Waals surface area contributed by atoms with E-state index in [9.17, 15) is 4.39 Å². The number of halogens is 1. The van der Waals surface area contributed by atoms with Gasteiger partial charge in [-0.2, -0.15) is 0 Å². The van der Waals surface area contributed by atoms with Gasteiger partial charge < -0.3 is 10.1 Å². The van der Waals surface area contributed by atoms with Crippen LogP contribution in [-0.2, 0) is 4.74 Å². The van der Waals surface area contributed by atoms with Crippen molar-refractivity contribution in [3.8, 4) is 0 Å². The molecule has 1 aliphatic rings. The number of ether oxygens (including phenoxy) is 1. The topological polar surface area (TPSA) is 21.3 Å². The van der Waals surface area contributed by atoms with Gasteiger partial charge in [-0.15, -0.1) is 0 Å². The van der Waals surface area contributed by atoms with Gasteiger partial charge in [0, 0.05) is 13.7 Å². The Hall–Kier alpha value is -0.150. The van der Waals surface area contributed by atoms with Crippen molar-refractivity contribution in [2.45, 2.75) is 18.7 Å². The normalized spacial score (nSPS) is 36.7. The van der Waals surface area contributed by atoms with Crippen LogP contribution >= 0.6 is 0 Å².